The average molecular weight is 274 g/mol. The Labute approximate surface area is 122 Å². The van der Waals surface area contributed by atoms with E-state index in [-0.39, 0.29) is 0 Å². The zero-order valence-corrected chi connectivity index (χ0v) is 12.3. The van der Waals surface area contributed by atoms with Crippen molar-refractivity contribution in [1.29, 1.82) is 0 Å². The van der Waals surface area contributed by atoms with E-state index in [4.69, 9.17) is 4.89 Å². The van der Waals surface area contributed by atoms with E-state index in [1.807, 2.05) is 0 Å². The molecule has 0 heterocycles. The van der Waals surface area contributed by atoms with Crippen LogP contribution in [0.15, 0.2) is 24.3 Å². The molecule has 0 saturated heterocycles. The van der Waals surface area contributed by atoms with Gasteiger partial charge < -0.3 is 0 Å². The molecule has 0 radical (unpaired) electrons. The highest BCUT2D eigenvalue weighted by Gasteiger charge is 2.36. The molecule has 0 amide bonds. The van der Waals surface area contributed by atoms with Gasteiger partial charge in [-0.15, -0.1) is 0 Å². The molecule has 2 saturated carbocycles. The summed E-state index contributed by atoms with van der Waals surface area (Å²) in [5.41, 5.74) is 2.19. The third-order valence-corrected chi connectivity index (χ3v) is 5.33. The molecule has 0 aromatic heterocycles. The lowest BCUT2D eigenvalue weighted by Gasteiger charge is -2.35. The van der Waals surface area contributed by atoms with Gasteiger partial charge in [0, 0.05) is 0 Å². The lowest BCUT2D eigenvalue weighted by molar-refractivity contribution is -0.337. The van der Waals surface area contributed by atoms with Crippen LogP contribution < -0.4 is 0 Å². The second-order valence-electron chi connectivity index (χ2n) is 6.61. The smallest absolute Gasteiger partial charge is 0.128 e. The molecule has 110 valence electrons. The Morgan fingerprint density at radius 1 is 0.950 bits per heavy atom. The summed E-state index contributed by atoms with van der Waals surface area (Å²) in [5, 5.41) is 9.50. The number of rotatable bonds is 3. The van der Waals surface area contributed by atoms with E-state index < -0.39 is 5.60 Å². The van der Waals surface area contributed by atoms with Crippen molar-refractivity contribution in [2.24, 2.45) is 0 Å². The highest BCUT2D eigenvalue weighted by atomic mass is 17.1. The van der Waals surface area contributed by atoms with Crippen LogP contribution in [0.3, 0.4) is 0 Å². The van der Waals surface area contributed by atoms with Gasteiger partial charge in [-0.05, 0) is 42.7 Å². The number of benzene rings is 1. The van der Waals surface area contributed by atoms with Crippen LogP contribution >= 0.6 is 0 Å². The topological polar surface area (TPSA) is 29.5 Å². The van der Waals surface area contributed by atoms with Crippen molar-refractivity contribution in [2.45, 2.75) is 75.7 Å². The Balaban J connectivity index is 1.85. The summed E-state index contributed by atoms with van der Waals surface area (Å²) >= 11 is 0. The predicted molar refractivity (Wildman–Crippen MR) is 80.7 cm³/mol. The van der Waals surface area contributed by atoms with Crippen molar-refractivity contribution in [3.05, 3.63) is 35.4 Å². The molecule has 20 heavy (non-hydrogen) atoms. The SMILES string of the molecule is OOC1(c2cccc(C3CCCCC3)c2)CCCCC1. The van der Waals surface area contributed by atoms with Crippen LogP contribution in [-0.2, 0) is 10.5 Å². The van der Waals surface area contributed by atoms with Crippen LogP contribution in [0.4, 0.5) is 0 Å². The minimum Gasteiger partial charge on any atom is -0.251 e. The van der Waals surface area contributed by atoms with E-state index in [0.29, 0.717) is 5.92 Å². The van der Waals surface area contributed by atoms with Gasteiger partial charge in [0.15, 0.2) is 0 Å². The molecule has 0 aliphatic heterocycles. The highest BCUT2D eigenvalue weighted by Crippen LogP contribution is 2.41. The Hall–Kier alpha value is -0.860. The molecule has 1 N–H and O–H groups in total. The van der Waals surface area contributed by atoms with Crippen molar-refractivity contribution < 1.29 is 10.1 Å². The molecule has 2 heteroatoms. The Morgan fingerprint density at radius 2 is 1.65 bits per heavy atom. The summed E-state index contributed by atoms with van der Waals surface area (Å²) in [4.78, 5) is 5.01. The van der Waals surface area contributed by atoms with E-state index in [1.54, 1.807) is 0 Å². The summed E-state index contributed by atoms with van der Waals surface area (Å²) in [6, 6.07) is 8.84. The van der Waals surface area contributed by atoms with Crippen LogP contribution in [0.25, 0.3) is 0 Å². The summed E-state index contributed by atoms with van der Waals surface area (Å²) in [6.07, 6.45) is 12.2. The Bertz CT molecular complexity index is 429. The van der Waals surface area contributed by atoms with E-state index in [0.717, 1.165) is 25.7 Å². The fraction of sp³-hybridized carbons (Fsp3) is 0.667. The first kappa shape index (κ1) is 14.1. The standard InChI is InChI=1S/C18H26O2/c19-20-18(12-5-2-6-13-18)17-11-7-10-16(14-17)15-8-3-1-4-9-15/h7,10-11,14-15,19H,1-6,8-9,12-13H2. The lowest BCUT2D eigenvalue weighted by atomic mass is 9.77. The maximum atomic E-state index is 9.50. The van der Waals surface area contributed by atoms with Crippen molar-refractivity contribution in [2.75, 3.05) is 0 Å². The quantitative estimate of drug-likeness (QED) is 0.592. The van der Waals surface area contributed by atoms with Gasteiger partial charge in [-0.25, -0.2) is 4.89 Å². The van der Waals surface area contributed by atoms with Crippen LogP contribution in [0, 0.1) is 0 Å². The van der Waals surface area contributed by atoms with Gasteiger partial charge in [0.25, 0.3) is 0 Å². The fourth-order valence-corrected chi connectivity index (χ4v) is 4.07. The molecule has 2 aliphatic rings. The van der Waals surface area contributed by atoms with Gasteiger partial charge >= 0.3 is 0 Å². The van der Waals surface area contributed by atoms with Crippen molar-refractivity contribution in [3.63, 3.8) is 0 Å². The minimum atomic E-state index is -0.442. The molecule has 3 rings (SSSR count). The Kier molecular flexibility index (Phi) is 4.42. The van der Waals surface area contributed by atoms with Crippen molar-refractivity contribution in [1.82, 2.24) is 0 Å². The third-order valence-electron chi connectivity index (χ3n) is 5.33. The minimum absolute atomic E-state index is 0.442. The molecule has 2 nitrogen and oxygen atoms in total. The van der Waals surface area contributed by atoms with E-state index >= 15 is 0 Å². The van der Waals surface area contributed by atoms with Gasteiger partial charge in [0.1, 0.15) is 5.60 Å². The predicted octanol–water partition coefficient (Wildman–Crippen LogP) is 5.38. The maximum Gasteiger partial charge on any atom is 0.128 e. The first-order valence-electron chi connectivity index (χ1n) is 8.27. The normalized spacial score (nSPS) is 23.6. The molecule has 0 unspecified atom stereocenters. The van der Waals surface area contributed by atoms with Gasteiger partial charge in [0.2, 0.25) is 0 Å². The van der Waals surface area contributed by atoms with Crippen LogP contribution in [0.2, 0.25) is 0 Å². The second-order valence-corrected chi connectivity index (χ2v) is 6.61. The van der Waals surface area contributed by atoms with Crippen LogP contribution in [0.1, 0.15) is 81.3 Å². The summed E-state index contributed by atoms with van der Waals surface area (Å²) < 4.78 is 0. The first-order chi connectivity index (χ1) is 9.84. The average Bonchev–Trinajstić information content (AvgIpc) is 2.56. The molecule has 0 spiro atoms. The lowest BCUT2D eigenvalue weighted by Crippen LogP contribution is -2.31. The molecule has 1 aromatic rings. The van der Waals surface area contributed by atoms with E-state index in [9.17, 15) is 5.26 Å². The van der Waals surface area contributed by atoms with Crippen molar-refractivity contribution in [3.8, 4) is 0 Å². The van der Waals surface area contributed by atoms with Crippen LogP contribution in [0.5, 0.6) is 0 Å². The molecule has 1 aromatic carbocycles. The monoisotopic (exact) mass is 274 g/mol. The molecule has 2 fully saturated rings. The van der Waals surface area contributed by atoms with Gasteiger partial charge in [-0.1, -0.05) is 62.8 Å². The van der Waals surface area contributed by atoms with Gasteiger partial charge in [0.05, 0.1) is 0 Å². The molecule has 0 bridgehead atoms. The largest absolute Gasteiger partial charge is 0.251 e. The number of hydrogen-bond acceptors (Lipinski definition) is 2. The van der Waals surface area contributed by atoms with Gasteiger partial charge in [-0.2, -0.15) is 0 Å². The Morgan fingerprint density at radius 3 is 2.35 bits per heavy atom. The maximum absolute atomic E-state index is 9.50. The highest BCUT2D eigenvalue weighted by molar-refractivity contribution is 5.31. The zero-order chi connectivity index (χ0) is 13.8. The van der Waals surface area contributed by atoms with Gasteiger partial charge in [-0.3, -0.25) is 5.26 Å². The fourth-order valence-electron chi connectivity index (χ4n) is 4.07. The zero-order valence-electron chi connectivity index (χ0n) is 12.3. The summed E-state index contributed by atoms with van der Waals surface area (Å²) in [5.74, 6) is 0.711. The first-order valence-corrected chi connectivity index (χ1v) is 8.27. The molecule has 0 atom stereocenters. The number of hydrogen-bond donors (Lipinski definition) is 1. The summed E-state index contributed by atoms with van der Waals surface area (Å²) in [6.45, 7) is 0. The van der Waals surface area contributed by atoms with Crippen molar-refractivity contribution >= 4 is 0 Å². The molecular weight excluding hydrogens is 248 g/mol. The van der Waals surface area contributed by atoms with Crippen LogP contribution in [-0.4, -0.2) is 5.26 Å². The van der Waals surface area contributed by atoms with E-state index in [1.165, 1.54) is 49.7 Å². The van der Waals surface area contributed by atoms with E-state index in [2.05, 4.69) is 24.3 Å². The third kappa shape index (κ3) is 2.77. The second kappa shape index (κ2) is 6.28. The molecular formula is C18H26O2. The molecule has 2 aliphatic carbocycles. The summed E-state index contributed by atoms with van der Waals surface area (Å²) in [7, 11) is 0.